The van der Waals surface area contributed by atoms with E-state index in [-0.39, 0.29) is 54.6 Å². The van der Waals surface area contributed by atoms with Crippen LogP contribution in [0.1, 0.15) is 87.4 Å². The summed E-state index contributed by atoms with van der Waals surface area (Å²) in [6, 6.07) is 45.2. The predicted molar refractivity (Wildman–Crippen MR) is 229 cm³/mol. The van der Waals surface area contributed by atoms with Crippen LogP contribution in [-0.4, -0.2) is 32.2 Å². The molecule has 0 atom stereocenters. The number of ether oxygens (including phenoxy) is 1. The van der Waals surface area contributed by atoms with Gasteiger partial charge in [-0.2, -0.15) is 0 Å². The van der Waals surface area contributed by atoms with Crippen molar-refractivity contribution in [3.8, 4) is 11.5 Å². The molecule has 0 aliphatic carbocycles. The maximum atomic E-state index is 6.97. The topological polar surface area (TPSA) is 9.23 Å². The van der Waals surface area contributed by atoms with Crippen molar-refractivity contribution in [3.05, 3.63) is 144 Å². The normalized spacial score (nSPS) is 12.4. The zero-order valence-corrected chi connectivity index (χ0v) is 38.1. The van der Waals surface area contributed by atoms with Crippen LogP contribution in [0.15, 0.2) is 127 Å². The van der Waals surface area contributed by atoms with Crippen molar-refractivity contribution in [2.45, 2.75) is 104 Å². The molecule has 0 amide bonds. The Balaban J connectivity index is 0.000000502. The summed E-state index contributed by atoms with van der Waals surface area (Å²) in [5.74, 6) is 2.30. The van der Waals surface area contributed by atoms with E-state index in [2.05, 4.69) is 185 Å². The van der Waals surface area contributed by atoms with Gasteiger partial charge in [0.1, 0.15) is 11.5 Å². The molecule has 5 aromatic rings. The van der Waals surface area contributed by atoms with Gasteiger partial charge in [-0.05, 0) is 29.6 Å². The third-order valence-electron chi connectivity index (χ3n) is 9.10. The number of hydrogen-bond acceptors (Lipinski definition) is 1. The Bertz CT molecular complexity index is 1640. The third-order valence-corrected chi connectivity index (χ3v) is 16.6. The van der Waals surface area contributed by atoms with Crippen LogP contribution < -0.4 is 38.1 Å². The van der Waals surface area contributed by atoms with E-state index in [1.165, 1.54) is 37.7 Å². The molecule has 0 fully saturated rings. The van der Waals surface area contributed by atoms with Gasteiger partial charge in [-0.15, -0.1) is 0 Å². The largest absolute Gasteiger partial charge is 3.00 e. The van der Waals surface area contributed by atoms with Crippen LogP contribution in [0.25, 0.3) is 0 Å². The average Bonchev–Trinajstić information content (AvgIpc) is 3.07. The van der Waals surface area contributed by atoms with Gasteiger partial charge in [0.25, 0.3) is 0 Å². The molecular weight excluding hydrogens is 797 g/mol. The van der Waals surface area contributed by atoms with Crippen molar-refractivity contribution in [2.75, 3.05) is 0 Å². The molecule has 1 aliphatic heterocycles. The van der Waals surface area contributed by atoms with E-state index in [9.17, 15) is 0 Å². The average molecular weight is 856 g/mol. The van der Waals surface area contributed by atoms with Crippen molar-refractivity contribution in [3.63, 3.8) is 0 Å². The van der Waals surface area contributed by atoms with Gasteiger partial charge in [0.05, 0.1) is 0 Å². The maximum absolute atomic E-state index is 6.97. The summed E-state index contributed by atoms with van der Waals surface area (Å²) < 4.78 is 6.97. The number of halogens is 1. The molecule has 279 valence electrons. The van der Waals surface area contributed by atoms with Gasteiger partial charge >= 0.3 is 19.5 Å². The molecule has 6 rings (SSSR count). The zero-order chi connectivity index (χ0) is 36.4. The fraction of sp³-hybridized carbons (Fsp3) is 0.348. The Kier molecular flexibility index (Phi) is 19.2. The Morgan fingerprint density at radius 2 is 0.827 bits per heavy atom. The van der Waals surface area contributed by atoms with E-state index in [0.29, 0.717) is 22.6 Å². The summed E-state index contributed by atoms with van der Waals surface area (Å²) in [4.78, 5) is 0. The van der Waals surface area contributed by atoms with Crippen LogP contribution >= 0.6 is 15.8 Å². The van der Waals surface area contributed by atoms with Crippen LogP contribution in [0.3, 0.4) is 0 Å². The first-order valence-corrected chi connectivity index (χ1v) is 22.2. The number of benzene rings is 5. The molecule has 0 unspecified atom stereocenters. The predicted octanol–water partition coefficient (Wildman–Crippen LogP) is 8.42. The molecule has 52 heavy (non-hydrogen) atoms. The minimum absolute atomic E-state index is 0. The molecule has 1 nitrogen and oxygen atoms in total. The smallest absolute Gasteiger partial charge is 1.00 e. The van der Waals surface area contributed by atoms with Crippen molar-refractivity contribution in [1.82, 2.24) is 0 Å². The molecular formula is C46H59ClOP2RhSi. The van der Waals surface area contributed by atoms with Crippen LogP contribution in [0.4, 0.5) is 0 Å². The Morgan fingerprint density at radius 1 is 0.500 bits per heavy atom. The van der Waals surface area contributed by atoms with E-state index in [1.54, 1.807) is 0 Å². The van der Waals surface area contributed by atoms with Crippen molar-refractivity contribution < 1.29 is 38.0 Å². The first-order valence-electron chi connectivity index (χ1n) is 18.2. The zero-order valence-electron chi connectivity index (χ0n) is 33.9. The number of fused-ring (bicyclic) bond motifs is 2. The second-order valence-electron chi connectivity index (χ2n) is 14.7. The van der Waals surface area contributed by atoms with E-state index in [1.807, 2.05) is 18.2 Å². The van der Waals surface area contributed by atoms with E-state index < -0.39 is 0 Å². The second kappa shape index (κ2) is 21.7. The molecule has 0 spiro atoms. The first-order chi connectivity index (χ1) is 23.8. The van der Waals surface area contributed by atoms with Gasteiger partial charge in [0.2, 0.25) is 0 Å². The summed E-state index contributed by atoms with van der Waals surface area (Å²) in [6.45, 7) is 25.8. The van der Waals surface area contributed by atoms with Gasteiger partial charge in [-0.1, -0.05) is 218 Å². The molecule has 5 aromatic carbocycles. The van der Waals surface area contributed by atoms with Gasteiger partial charge in [-0.25, -0.2) is 10.4 Å². The van der Waals surface area contributed by atoms with Crippen LogP contribution in [0.2, 0.25) is 0 Å². The van der Waals surface area contributed by atoms with Gasteiger partial charge in [0.15, 0.2) is 0 Å². The van der Waals surface area contributed by atoms with Crippen molar-refractivity contribution in [1.29, 1.82) is 0 Å². The third kappa shape index (κ3) is 11.9. The molecule has 1 heterocycles. The van der Waals surface area contributed by atoms with Gasteiger partial charge in [-0.3, -0.25) is 0 Å². The van der Waals surface area contributed by atoms with Crippen LogP contribution in [0, 0.1) is 6.92 Å². The summed E-state index contributed by atoms with van der Waals surface area (Å²) in [6.07, 6.45) is 0. The standard InChI is InChI=1S/C27H40OP2.C12H10Si.C7H8.ClH.Rh.H/c1-17(2)29(18(3)4)23-15-11-13-21-25(23)28-26-22(27(21,9)10)14-12-16-24(26)30(19(5)6)20(7)8;1-3-7-11(8-4-1)13-12-9-5-2-6-10-12;1-7-5-3-2-4-6-7;;;/h11-20H,1-10H3;1-10H;2-6H,1H3;1H;;/q;-1;;;+3;-1/p-1. The number of hydrogen-bond donors (Lipinski definition) is 0. The molecule has 6 heteroatoms. The SMILES string of the molecule is CC(C)P(c1cccc2c1Oc1c(P(C(C)C)C(C)C)cccc1C2(C)C)C(C)C.Cc1ccccc1.[Cl-].[H-].[Rh+3].c1ccc([Si-]c2ccccc2)cc1. The molecule has 1 aliphatic rings. The van der Waals surface area contributed by atoms with E-state index >= 15 is 0 Å². The minimum Gasteiger partial charge on any atom is -1.00 e. The number of rotatable bonds is 8. The Labute approximate surface area is 342 Å². The molecule has 0 bridgehead atoms. The fourth-order valence-electron chi connectivity index (χ4n) is 6.95. The summed E-state index contributed by atoms with van der Waals surface area (Å²) in [5.41, 5.74) is 6.50. The minimum atomic E-state index is -0.289. The fourth-order valence-corrected chi connectivity index (χ4v) is 13.9. The van der Waals surface area contributed by atoms with Crippen molar-refractivity contribution >= 4 is 46.3 Å². The maximum Gasteiger partial charge on any atom is 3.00 e. The first kappa shape index (κ1) is 46.0. The quantitative estimate of drug-likeness (QED) is 0.113. The molecule has 0 N–H and O–H groups in total. The van der Waals surface area contributed by atoms with E-state index in [0.717, 1.165) is 21.0 Å². The Hall–Kier alpha value is -2.11. The van der Waals surface area contributed by atoms with Crippen LogP contribution in [-0.2, 0) is 24.9 Å². The molecule has 0 aromatic heterocycles. The second-order valence-corrected chi connectivity index (χ2v) is 22.9. The van der Waals surface area contributed by atoms with Gasteiger partial charge in [0, 0.05) is 27.2 Å². The van der Waals surface area contributed by atoms with Gasteiger partial charge < -0.3 is 28.1 Å². The monoisotopic (exact) mass is 855 g/mol. The summed E-state index contributed by atoms with van der Waals surface area (Å²) in [5, 5.41) is 5.68. The van der Waals surface area contributed by atoms with Crippen LogP contribution in [0.5, 0.6) is 11.5 Å². The molecule has 0 saturated heterocycles. The number of aryl methyl sites for hydroxylation is 1. The Morgan fingerprint density at radius 3 is 1.12 bits per heavy atom. The summed E-state index contributed by atoms with van der Waals surface area (Å²) in [7, 11) is 0.199. The molecule has 0 saturated carbocycles. The number of para-hydroxylation sites is 2. The summed E-state index contributed by atoms with van der Waals surface area (Å²) >= 11 is 0. The van der Waals surface area contributed by atoms with E-state index in [4.69, 9.17) is 4.74 Å². The van der Waals surface area contributed by atoms with Crippen molar-refractivity contribution in [2.24, 2.45) is 0 Å². The molecule has 1 radical (unpaired) electrons.